The maximum atomic E-state index is 12.3. The van der Waals surface area contributed by atoms with Gasteiger partial charge in [0.05, 0.1) is 11.4 Å². The highest BCUT2D eigenvalue weighted by molar-refractivity contribution is 7.14. The number of hydrogen-bond donors (Lipinski definition) is 1. The summed E-state index contributed by atoms with van der Waals surface area (Å²) >= 11 is 1.57. The molecule has 1 N–H and O–H groups in total. The van der Waals surface area contributed by atoms with Crippen molar-refractivity contribution in [2.24, 2.45) is 0 Å². The Balaban J connectivity index is 2.09. The Hall–Kier alpha value is -1.69. The molecule has 0 fully saturated rings. The van der Waals surface area contributed by atoms with Crippen LogP contribution >= 0.6 is 11.3 Å². The van der Waals surface area contributed by atoms with E-state index in [1.807, 2.05) is 19.9 Å². The van der Waals surface area contributed by atoms with Crippen molar-refractivity contribution in [3.8, 4) is 0 Å². The molecule has 0 bridgehead atoms. The smallest absolute Gasteiger partial charge is 0.264 e. The predicted molar refractivity (Wildman–Crippen MR) is 75.4 cm³/mol. The molecule has 0 aliphatic rings. The zero-order valence-corrected chi connectivity index (χ0v) is 12.5. The first-order chi connectivity index (χ1) is 9.01. The number of nitrogens with one attached hydrogen (secondary N) is 1. The van der Waals surface area contributed by atoms with Crippen molar-refractivity contribution in [1.82, 2.24) is 20.1 Å². The molecule has 0 aliphatic carbocycles. The summed E-state index contributed by atoms with van der Waals surface area (Å²) in [6, 6.07) is 1.96. The lowest BCUT2D eigenvalue weighted by atomic mass is 10.2. The Labute approximate surface area is 116 Å². The van der Waals surface area contributed by atoms with Gasteiger partial charge in [-0.15, -0.1) is 11.3 Å². The third kappa shape index (κ3) is 3.01. The largest absolute Gasteiger partial charge is 0.333 e. The number of aromatic nitrogens is 3. The van der Waals surface area contributed by atoms with E-state index in [9.17, 15) is 4.79 Å². The normalized spacial score (nSPS) is 10.7. The molecule has 0 saturated carbocycles. The van der Waals surface area contributed by atoms with Crippen LogP contribution < -0.4 is 0 Å². The van der Waals surface area contributed by atoms with Gasteiger partial charge in [0.2, 0.25) is 0 Å². The molecule has 2 aromatic heterocycles. The van der Waals surface area contributed by atoms with Gasteiger partial charge >= 0.3 is 0 Å². The molecule has 5 nitrogen and oxygen atoms in total. The molecular formula is C13H18N4OS. The van der Waals surface area contributed by atoms with Gasteiger partial charge in [0.15, 0.2) is 5.82 Å². The van der Waals surface area contributed by atoms with Gasteiger partial charge in [-0.2, -0.15) is 5.10 Å². The summed E-state index contributed by atoms with van der Waals surface area (Å²) < 4.78 is 0. The van der Waals surface area contributed by atoms with Crippen LogP contribution in [0.2, 0.25) is 0 Å². The number of aryl methyl sites for hydroxylation is 3. The summed E-state index contributed by atoms with van der Waals surface area (Å²) in [4.78, 5) is 20.2. The molecule has 0 radical (unpaired) electrons. The highest BCUT2D eigenvalue weighted by Gasteiger charge is 2.17. The van der Waals surface area contributed by atoms with Crippen molar-refractivity contribution in [1.29, 1.82) is 0 Å². The number of amides is 1. The molecule has 102 valence electrons. The van der Waals surface area contributed by atoms with Crippen LogP contribution in [0.3, 0.4) is 0 Å². The summed E-state index contributed by atoms with van der Waals surface area (Å²) in [5, 5.41) is 6.82. The van der Waals surface area contributed by atoms with Gasteiger partial charge in [0.1, 0.15) is 5.82 Å². The van der Waals surface area contributed by atoms with Gasteiger partial charge < -0.3 is 4.90 Å². The van der Waals surface area contributed by atoms with Crippen LogP contribution in [0, 0.1) is 13.8 Å². The van der Waals surface area contributed by atoms with Gasteiger partial charge in [0.25, 0.3) is 5.91 Å². The Morgan fingerprint density at radius 1 is 1.47 bits per heavy atom. The fourth-order valence-corrected chi connectivity index (χ4v) is 3.02. The van der Waals surface area contributed by atoms with Crippen LogP contribution in [0.4, 0.5) is 0 Å². The van der Waals surface area contributed by atoms with Crippen molar-refractivity contribution in [2.45, 2.75) is 33.7 Å². The molecule has 0 saturated heterocycles. The zero-order valence-electron chi connectivity index (χ0n) is 11.6. The van der Waals surface area contributed by atoms with E-state index < -0.39 is 0 Å². The average Bonchev–Trinajstić information content (AvgIpc) is 2.94. The van der Waals surface area contributed by atoms with Gasteiger partial charge in [-0.3, -0.25) is 9.89 Å². The first-order valence-corrected chi connectivity index (χ1v) is 7.05. The van der Waals surface area contributed by atoms with Crippen molar-refractivity contribution < 1.29 is 4.79 Å². The molecule has 6 heteroatoms. The second kappa shape index (κ2) is 5.52. The molecular weight excluding hydrogens is 260 g/mol. The molecule has 2 aromatic rings. The van der Waals surface area contributed by atoms with Gasteiger partial charge in [-0.25, -0.2) is 4.98 Å². The standard InChI is InChI=1S/C13H18N4OS/c1-5-10-8(2)6-11(19-10)13(18)17(4)7-12-14-9(3)15-16-12/h6H,5,7H2,1-4H3,(H,14,15,16). The van der Waals surface area contributed by atoms with Crippen LogP contribution in [0.15, 0.2) is 6.07 Å². The second-order valence-electron chi connectivity index (χ2n) is 4.57. The zero-order chi connectivity index (χ0) is 14.0. The molecule has 19 heavy (non-hydrogen) atoms. The first-order valence-electron chi connectivity index (χ1n) is 6.24. The van der Waals surface area contributed by atoms with E-state index >= 15 is 0 Å². The minimum absolute atomic E-state index is 0.0234. The topological polar surface area (TPSA) is 61.9 Å². The van der Waals surface area contributed by atoms with E-state index in [-0.39, 0.29) is 5.91 Å². The van der Waals surface area contributed by atoms with Crippen molar-refractivity contribution in [3.05, 3.63) is 33.0 Å². The molecule has 0 aromatic carbocycles. The van der Waals surface area contributed by atoms with E-state index in [2.05, 4.69) is 22.1 Å². The predicted octanol–water partition coefficient (Wildman–Crippen LogP) is 2.32. The van der Waals surface area contributed by atoms with Crippen molar-refractivity contribution in [2.75, 3.05) is 7.05 Å². The Morgan fingerprint density at radius 3 is 2.74 bits per heavy atom. The fourth-order valence-electron chi connectivity index (χ4n) is 1.91. The van der Waals surface area contributed by atoms with E-state index in [0.717, 1.165) is 17.1 Å². The minimum Gasteiger partial charge on any atom is -0.333 e. The molecule has 0 spiro atoms. The quantitative estimate of drug-likeness (QED) is 0.933. The second-order valence-corrected chi connectivity index (χ2v) is 5.71. The van der Waals surface area contributed by atoms with Gasteiger partial charge in [-0.05, 0) is 31.9 Å². The summed E-state index contributed by atoms with van der Waals surface area (Å²) in [5.74, 6) is 1.42. The van der Waals surface area contributed by atoms with E-state index in [0.29, 0.717) is 12.4 Å². The van der Waals surface area contributed by atoms with Crippen LogP contribution in [-0.4, -0.2) is 33.0 Å². The summed E-state index contributed by atoms with van der Waals surface area (Å²) in [6.45, 7) is 6.41. The SMILES string of the molecule is CCc1sc(C(=O)N(C)Cc2n[nH]c(C)n2)cc1C. The maximum Gasteiger partial charge on any atom is 0.264 e. The van der Waals surface area contributed by atoms with Gasteiger partial charge in [0, 0.05) is 11.9 Å². The molecule has 0 atom stereocenters. The Morgan fingerprint density at radius 2 is 2.21 bits per heavy atom. The van der Waals surface area contributed by atoms with Crippen molar-refractivity contribution >= 4 is 17.2 Å². The number of aromatic amines is 1. The van der Waals surface area contributed by atoms with Crippen LogP contribution in [0.5, 0.6) is 0 Å². The molecule has 2 heterocycles. The first kappa shape index (κ1) is 13.7. The Bertz CT molecular complexity index is 587. The number of nitrogens with zero attached hydrogens (tertiary/aromatic N) is 3. The Kier molecular flexibility index (Phi) is 3.99. The lowest BCUT2D eigenvalue weighted by molar-refractivity contribution is 0.0786. The highest BCUT2D eigenvalue weighted by Crippen LogP contribution is 2.23. The number of hydrogen-bond acceptors (Lipinski definition) is 4. The summed E-state index contributed by atoms with van der Waals surface area (Å²) in [6.07, 6.45) is 0.966. The third-order valence-electron chi connectivity index (χ3n) is 2.92. The van der Waals surface area contributed by atoms with Crippen LogP contribution in [0.25, 0.3) is 0 Å². The number of rotatable bonds is 4. The van der Waals surface area contributed by atoms with Gasteiger partial charge in [-0.1, -0.05) is 6.92 Å². The fraction of sp³-hybridized carbons (Fsp3) is 0.462. The summed E-state index contributed by atoms with van der Waals surface area (Å²) in [7, 11) is 1.77. The number of carbonyl (C=O) groups is 1. The third-order valence-corrected chi connectivity index (χ3v) is 4.29. The molecule has 1 amide bonds. The number of carbonyl (C=O) groups excluding carboxylic acids is 1. The number of H-pyrrole nitrogens is 1. The van der Waals surface area contributed by atoms with E-state index in [1.165, 1.54) is 10.4 Å². The number of thiophene rings is 1. The average molecular weight is 278 g/mol. The van der Waals surface area contributed by atoms with Crippen LogP contribution in [-0.2, 0) is 13.0 Å². The van der Waals surface area contributed by atoms with E-state index in [4.69, 9.17) is 0 Å². The van der Waals surface area contributed by atoms with Crippen LogP contribution in [0.1, 0.15) is 38.7 Å². The maximum absolute atomic E-state index is 12.3. The lowest BCUT2D eigenvalue weighted by Gasteiger charge is -2.13. The molecule has 0 aliphatic heterocycles. The minimum atomic E-state index is 0.0234. The lowest BCUT2D eigenvalue weighted by Crippen LogP contribution is -2.26. The monoisotopic (exact) mass is 278 g/mol. The molecule has 0 unspecified atom stereocenters. The van der Waals surface area contributed by atoms with E-state index in [1.54, 1.807) is 23.3 Å². The summed E-state index contributed by atoms with van der Waals surface area (Å²) in [5.41, 5.74) is 1.19. The highest BCUT2D eigenvalue weighted by atomic mass is 32.1. The van der Waals surface area contributed by atoms with Crippen molar-refractivity contribution in [3.63, 3.8) is 0 Å². The molecule has 2 rings (SSSR count).